The van der Waals surface area contributed by atoms with Crippen LogP contribution in [0.2, 0.25) is 0 Å². The molecule has 8 nitrogen and oxygen atoms in total. The van der Waals surface area contributed by atoms with E-state index in [1.807, 2.05) is 39.0 Å². The standard InChI is InChI=1S/C24H33N5O3/c1-4-25-24(26-12-10-23(30)29-22-7-5-6-18(3)28-22)27-15-19-9-8-17(2)14-21(19)32-20-11-13-31-16-20/h5-9,14,20H,4,10-13,15-16H2,1-3H3,(H2,25,26,27)(H,28,29,30). The second-order valence-corrected chi connectivity index (χ2v) is 7.80. The number of hydrogen-bond donors (Lipinski definition) is 3. The first-order valence-electron chi connectivity index (χ1n) is 11.1. The summed E-state index contributed by atoms with van der Waals surface area (Å²) in [6.07, 6.45) is 1.30. The number of rotatable bonds is 9. The summed E-state index contributed by atoms with van der Waals surface area (Å²) >= 11 is 0. The van der Waals surface area contributed by atoms with Crippen LogP contribution in [0.5, 0.6) is 5.75 Å². The van der Waals surface area contributed by atoms with Crippen LogP contribution >= 0.6 is 0 Å². The zero-order valence-electron chi connectivity index (χ0n) is 19.1. The van der Waals surface area contributed by atoms with Gasteiger partial charge in [0.25, 0.3) is 0 Å². The van der Waals surface area contributed by atoms with E-state index in [-0.39, 0.29) is 12.0 Å². The fourth-order valence-corrected chi connectivity index (χ4v) is 3.31. The number of nitrogens with zero attached hydrogens (tertiary/aromatic N) is 2. The maximum absolute atomic E-state index is 12.2. The van der Waals surface area contributed by atoms with Gasteiger partial charge in [-0.05, 0) is 44.5 Å². The lowest BCUT2D eigenvalue weighted by Crippen LogP contribution is -2.38. The van der Waals surface area contributed by atoms with Gasteiger partial charge in [-0.3, -0.25) is 4.79 Å². The molecule has 1 saturated heterocycles. The molecule has 0 saturated carbocycles. The molecule has 32 heavy (non-hydrogen) atoms. The summed E-state index contributed by atoms with van der Waals surface area (Å²) in [5, 5.41) is 9.26. The van der Waals surface area contributed by atoms with E-state index >= 15 is 0 Å². The highest BCUT2D eigenvalue weighted by Crippen LogP contribution is 2.24. The van der Waals surface area contributed by atoms with Gasteiger partial charge in [0.1, 0.15) is 17.7 Å². The van der Waals surface area contributed by atoms with Crippen molar-refractivity contribution < 1.29 is 14.3 Å². The lowest BCUT2D eigenvalue weighted by Gasteiger charge is -2.16. The number of aromatic nitrogens is 1. The summed E-state index contributed by atoms with van der Waals surface area (Å²) in [7, 11) is 0. The van der Waals surface area contributed by atoms with Crippen molar-refractivity contribution in [1.29, 1.82) is 0 Å². The number of amides is 1. The summed E-state index contributed by atoms with van der Waals surface area (Å²) in [5.41, 5.74) is 3.02. The highest BCUT2D eigenvalue weighted by atomic mass is 16.5. The molecule has 1 amide bonds. The Kier molecular flexibility index (Phi) is 8.86. The van der Waals surface area contributed by atoms with E-state index in [4.69, 9.17) is 9.47 Å². The van der Waals surface area contributed by atoms with E-state index < -0.39 is 0 Å². The van der Waals surface area contributed by atoms with Gasteiger partial charge in [0, 0.05) is 37.2 Å². The van der Waals surface area contributed by atoms with Crippen molar-refractivity contribution in [2.45, 2.75) is 46.3 Å². The lowest BCUT2D eigenvalue weighted by molar-refractivity contribution is -0.116. The maximum atomic E-state index is 12.2. The van der Waals surface area contributed by atoms with Gasteiger partial charge in [0.2, 0.25) is 5.91 Å². The minimum atomic E-state index is -0.0977. The Balaban J connectivity index is 1.54. The highest BCUT2D eigenvalue weighted by molar-refractivity contribution is 5.90. The Hall–Kier alpha value is -3.13. The first kappa shape index (κ1) is 23.5. The SMILES string of the molecule is CCNC(=NCc1ccc(C)cc1OC1CCOC1)NCCC(=O)Nc1cccc(C)n1. The number of ether oxygens (including phenoxy) is 2. The zero-order chi connectivity index (χ0) is 22.8. The van der Waals surface area contributed by atoms with Crippen LogP contribution in [0.3, 0.4) is 0 Å². The van der Waals surface area contributed by atoms with Gasteiger partial charge in [0.15, 0.2) is 5.96 Å². The fraction of sp³-hybridized carbons (Fsp3) is 0.458. The number of benzene rings is 1. The molecular weight excluding hydrogens is 406 g/mol. The second-order valence-electron chi connectivity index (χ2n) is 7.80. The molecule has 0 bridgehead atoms. The zero-order valence-corrected chi connectivity index (χ0v) is 19.1. The average Bonchev–Trinajstić information content (AvgIpc) is 3.26. The van der Waals surface area contributed by atoms with E-state index in [0.717, 1.165) is 42.1 Å². The normalized spacial score (nSPS) is 16.0. The van der Waals surface area contributed by atoms with E-state index in [1.165, 1.54) is 0 Å². The number of carbonyl (C=O) groups is 1. The molecule has 8 heteroatoms. The Morgan fingerprint density at radius 3 is 2.88 bits per heavy atom. The Bertz CT molecular complexity index is 926. The summed E-state index contributed by atoms with van der Waals surface area (Å²) < 4.78 is 11.6. The lowest BCUT2D eigenvalue weighted by atomic mass is 10.1. The highest BCUT2D eigenvalue weighted by Gasteiger charge is 2.18. The van der Waals surface area contributed by atoms with Crippen LogP contribution in [-0.4, -0.2) is 49.3 Å². The molecule has 2 heterocycles. The number of guanidine groups is 1. The van der Waals surface area contributed by atoms with Gasteiger partial charge in [-0.1, -0.05) is 18.2 Å². The van der Waals surface area contributed by atoms with Crippen molar-refractivity contribution in [3.05, 3.63) is 53.2 Å². The summed E-state index contributed by atoms with van der Waals surface area (Å²) in [6.45, 7) is 8.97. The number of nitrogens with one attached hydrogen (secondary N) is 3. The van der Waals surface area contributed by atoms with Crippen molar-refractivity contribution in [3.8, 4) is 5.75 Å². The third-order valence-corrected chi connectivity index (χ3v) is 4.96. The predicted octanol–water partition coefficient (Wildman–Crippen LogP) is 2.95. The Labute approximate surface area is 189 Å². The number of pyridine rings is 1. The van der Waals surface area contributed by atoms with Gasteiger partial charge < -0.3 is 25.4 Å². The van der Waals surface area contributed by atoms with Gasteiger partial charge in [-0.2, -0.15) is 0 Å². The summed E-state index contributed by atoms with van der Waals surface area (Å²) in [6, 6.07) is 11.7. The first-order valence-corrected chi connectivity index (χ1v) is 11.1. The van der Waals surface area contributed by atoms with Crippen molar-refractivity contribution >= 4 is 17.7 Å². The average molecular weight is 440 g/mol. The molecule has 0 spiro atoms. The summed E-state index contributed by atoms with van der Waals surface area (Å²) in [4.78, 5) is 21.2. The minimum absolute atomic E-state index is 0.0901. The number of aliphatic imine (C=N–C) groups is 1. The smallest absolute Gasteiger partial charge is 0.227 e. The monoisotopic (exact) mass is 439 g/mol. The third-order valence-electron chi connectivity index (χ3n) is 4.96. The van der Waals surface area contributed by atoms with Gasteiger partial charge in [0.05, 0.1) is 19.8 Å². The topological polar surface area (TPSA) is 96.9 Å². The van der Waals surface area contributed by atoms with Crippen LogP contribution < -0.4 is 20.7 Å². The molecule has 0 radical (unpaired) electrons. The van der Waals surface area contributed by atoms with E-state index in [0.29, 0.717) is 37.9 Å². The van der Waals surface area contributed by atoms with Crippen LogP contribution in [0, 0.1) is 13.8 Å². The largest absolute Gasteiger partial charge is 0.488 e. The van der Waals surface area contributed by atoms with E-state index in [2.05, 4.69) is 38.1 Å². The number of hydrogen-bond acceptors (Lipinski definition) is 5. The van der Waals surface area contributed by atoms with E-state index in [1.54, 1.807) is 6.07 Å². The van der Waals surface area contributed by atoms with Crippen LogP contribution in [0.15, 0.2) is 41.4 Å². The maximum Gasteiger partial charge on any atom is 0.227 e. The molecule has 1 fully saturated rings. The van der Waals surface area contributed by atoms with Crippen LogP contribution in [0.25, 0.3) is 0 Å². The Morgan fingerprint density at radius 2 is 2.12 bits per heavy atom. The van der Waals surface area contributed by atoms with Gasteiger partial charge in [-0.25, -0.2) is 9.98 Å². The minimum Gasteiger partial charge on any atom is -0.488 e. The van der Waals surface area contributed by atoms with Crippen LogP contribution in [0.1, 0.15) is 36.6 Å². The number of aryl methyl sites for hydroxylation is 2. The summed E-state index contributed by atoms with van der Waals surface area (Å²) in [5.74, 6) is 1.98. The quantitative estimate of drug-likeness (QED) is 0.411. The van der Waals surface area contributed by atoms with Gasteiger partial charge >= 0.3 is 0 Å². The van der Waals surface area contributed by atoms with Crippen LogP contribution in [0.4, 0.5) is 5.82 Å². The molecule has 1 aliphatic heterocycles. The first-order chi connectivity index (χ1) is 15.5. The molecule has 1 aromatic heterocycles. The fourth-order valence-electron chi connectivity index (χ4n) is 3.31. The van der Waals surface area contributed by atoms with Crippen molar-refractivity contribution in [1.82, 2.24) is 15.6 Å². The van der Waals surface area contributed by atoms with Crippen molar-refractivity contribution in [3.63, 3.8) is 0 Å². The second kappa shape index (κ2) is 12.0. The van der Waals surface area contributed by atoms with Crippen molar-refractivity contribution in [2.24, 2.45) is 4.99 Å². The molecule has 1 aliphatic rings. The van der Waals surface area contributed by atoms with Crippen LogP contribution in [-0.2, 0) is 16.1 Å². The predicted molar refractivity (Wildman–Crippen MR) is 126 cm³/mol. The molecule has 1 unspecified atom stereocenters. The molecular formula is C24H33N5O3. The molecule has 1 atom stereocenters. The molecule has 3 N–H and O–H groups in total. The van der Waals surface area contributed by atoms with E-state index in [9.17, 15) is 4.79 Å². The Morgan fingerprint density at radius 1 is 1.25 bits per heavy atom. The molecule has 2 aromatic rings. The molecule has 0 aliphatic carbocycles. The molecule has 1 aromatic carbocycles. The molecule has 3 rings (SSSR count). The number of anilines is 1. The van der Waals surface area contributed by atoms with Gasteiger partial charge in [-0.15, -0.1) is 0 Å². The third kappa shape index (κ3) is 7.53. The molecule has 172 valence electrons. The number of carbonyl (C=O) groups excluding carboxylic acids is 1. The van der Waals surface area contributed by atoms with Crippen molar-refractivity contribution in [2.75, 3.05) is 31.6 Å².